The zero-order valence-electron chi connectivity index (χ0n) is 13.8. The first-order valence-corrected chi connectivity index (χ1v) is 10.6. The highest BCUT2D eigenvalue weighted by atomic mass is 127. The third-order valence-electron chi connectivity index (χ3n) is 3.30. The molecular formula is C20H13FIN2OS+. The number of benzene rings is 2. The molecule has 0 saturated carbocycles. The van der Waals surface area contributed by atoms with Gasteiger partial charge in [-0.25, -0.2) is 9.37 Å². The number of aromatic nitrogens is 1. The lowest BCUT2D eigenvalue weighted by atomic mass is 10.1. The number of halogens is 2. The van der Waals surface area contributed by atoms with E-state index in [2.05, 4.69) is 22.9 Å². The smallest absolute Gasteiger partial charge is 0.357 e. The average Bonchev–Trinajstić information content (AvgIpc) is 3.15. The highest BCUT2D eigenvalue weighted by Gasteiger charge is 2.17. The van der Waals surface area contributed by atoms with Crippen molar-refractivity contribution in [2.45, 2.75) is 6.67 Å². The number of nitrogens with zero attached hydrogens (tertiary/aromatic N) is 2. The van der Waals surface area contributed by atoms with Crippen LogP contribution in [0.2, 0.25) is 0 Å². The summed E-state index contributed by atoms with van der Waals surface area (Å²) in [6.07, 6.45) is 0. The molecule has 1 aromatic heterocycles. The van der Waals surface area contributed by atoms with E-state index in [-0.39, 0.29) is 0 Å². The van der Waals surface area contributed by atoms with Crippen LogP contribution in [0.1, 0.15) is 21.8 Å². The fourth-order valence-electron chi connectivity index (χ4n) is 2.11. The maximum Gasteiger partial charge on any atom is 0.357 e. The highest BCUT2D eigenvalue weighted by Crippen LogP contribution is 2.10. The molecule has 0 unspecified atom stereocenters. The molecule has 0 spiro atoms. The summed E-state index contributed by atoms with van der Waals surface area (Å²) in [5, 5.41) is 11.4. The van der Waals surface area contributed by atoms with E-state index in [9.17, 15) is 9.65 Å². The van der Waals surface area contributed by atoms with E-state index in [1.807, 2.05) is 36.4 Å². The van der Waals surface area contributed by atoms with Crippen LogP contribution in [0.25, 0.3) is 0 Å². The van der Waals surface area contributed by atoms with E-state index in [4.69, 9.17) is 4.74 Å². The number of methoxy groups -OCH3 is 1. The molecule has 128 valence electrons. The van der Waals surface area contributed by atoms with Crippen LogP contribution in [0.5, 0.6) is 5.75 Å². The Kier molecular flexibility index (Phi) is 6.21. The van der Waals surface area contributed by atoms with Gasteiger partial charge in [-0.15, -0.1) is 11.3 Å². The van der Waals surface area contributed by atoms with Crippen molar-refractivity contribution in [3.63, 3.8) is 0 Å². The van der Waals surface area contributed by atoms with E-state index in [0.717, 1.165) is 14.9 Å². The SMILES string of the molecule is COc1ccc([I+]c2cc(C#N)cc(C#Cc3csc(CF)n3)c2)cc1. The van der Waals surface area contributed by atoms with Gasteiger partial charge in [0.05, 0.1) is 18.7 Å². The Labute approximate surface area is 165 Å². The highest BCUT2D eigenvalue weighted by molar-refractivity contribution is 7.09. The minimum Gasteiger partial charge on any atom is -0.497 e. The summed E-state index contributed by atoms with van der Waals surface area (Å²) < 4.78 is 20.1. The average molecular weight is 475 g/mol. The largest absolute Gasteiger partial charge is 0.497 e. The molecule has 6 heteroatoms. The number of hydrogen-bond donors (Lipinski definition) is 0. The standard InChI is InChI=1S/C20H13FIN2OS/c1-25-19-6-3-16(4-7-19)22-17-9-14(8-15(10-17)12-23)2-5-18-13-26-20(11-21)24-18/h3-4,6-10,13H,11H2,1H3/q+1. The molecule has 0 N–H and O–H groups in total. The molecule has 3 rings (SSSR count). The Morgan fingerprint density at radius 3 is 2.54 bits per heavy atom. The third kappa shape index (κ3) is 4.81. The van der Waals surface area contributed by atoms with Crippen LogP contribution in [0.3, 0.4) is 0 Å². The number of nitriles is 1. The second-order valence-corrected chi connectivity index (χ2v) is 9.08. The topological polar surface area (TPSA) is 45.9 Å². The molecular weight excluding hydrogens is 462 g/mol. The van der Waals surface area contributed by atoms with Crippen LogP contribution in [0.15, 0.2) is 47.8 Å². The van der Waals surface area contributed by atoms with Crippen LogP contribution >= 0.6 is 11.3 Å². The zero-order valence-corrected chi connectivity index (χ0v) is 16.8. The lowest BCUT2D eigenvalue weighted by Crippen LogP contribution is -3.61. The minimum absolute atomic E-state index is 0.422. The predicted molar refractivity (Wildman–Crippen MR) is 94.5 cm³/mol. The van der Waals surface area contributed by atoms with Crippen molar-refractivity contribution in [1.29, 1.82) is 5.26 Å². The fourth-order valence-corrected chi connectivity index (χ4v) is 5.10. The Morgan fingerprint density at radius 1 is 1.12 bits per heavy atom. The zero-order chi connectivity index (χ0) is 18.4. The lowest BCUT2D eigenvalue weighted by Gasteiger charge is -1.96. The molecule has 26 heavy (non-hydrogen) atoms. The Balaban J connectivity index is 1.85. The summed E-state index contributed by atoms with van der Waals surface area (Å²) in [6, 6.07) is 15.8. The number of hydrogen-bond acceptors (Lipinski definition) is 4. The third-order valence-corrected chi connectivity index (χ3v) is 6.70. The Hall–Kier alpha value is -2.42. The molecule has 0 aliphatic rings. The minimum atomic E-state index is -0.577. The van der Waals surface area contributed by atoms with Crippen LogP contribution < -0.4 is 25.9 Å². The van der Waals surface area contributed by atoms with Gasteiger partial charge in [-0.1, -0.05) is 5.92 Å². The second-order valence-electron chi connectivity index (χ2n) is 5.10. The predicted octanol–water partition coefficient (Wildman–Crippen LogP) is 1.02. The lowest BCUT2D eigenvalue weighted by molar-refractivity contribution is -0.597. The maximum atomic E-state index is 12.6. The molecule has 0 atom stereocenters. The number of rotatable bonds is 4. The van der Waals surface area contributed by atoms with Crippen molar-refractivity contribution in [2.24, 2.45) is 0 Å². The van der Waals surface area contributed by atoms with Gasteiger partial charge in [0.1, 0.15) is 23.1 Å². The van der Waals surface area contributed by atoms with Crippen LogP contribution in [-0.2, 0) is 6.67 Å². The molecule has 2 aromatic carbocycles. The fraction of sp³-hybridized carbons (Fsp3) is 0.100. The number of ether oxygens (including phenoxy) is 1. The van der Waals surface area contributed by atoms with Gasteiger partial charge >= 0.3 is 21.2 Å². The molecule has 0 fully saturated rings. The molecule has 0 saturated heterocycles. The molecule has 1 heterocycles. The number of thiazole rings is 1. The van der Waals surface area contributed by atoms with E-state index >= 15 is 0 Å². The molecule has 0 aliphatic heterocycles. The van der Waals surface area contributed by atoms with Gasteiger partial charge in [-0.3, -0.25) is 0 Å². The van der Waals surface area contributed by atoms with E-state index < -0.39 is 27.9 Å². The molecule has 3 nitrogen and oxygen atoms in total. The summed E-state index contributed by atoms with van der Waals surface area (Å²) in [6.45, 7) is -0.577. The van der Waals surface area contributed by atoms with Crippen LogP contribution in [0.4, 0.5) is 4.39 Å². The molecule has 3 aromatic rings. The van der Waals surface area contributed by atoms with Gasteiger partial charge in [-0.05, 0) is 36.3 Å². The number of alkyl halides is 1. The van der Waals surface area contributed by atoms with Crippen molar-refractivity contribution in [1.82, 2.24) is 4.98 Å². The first kappa shape index (κ1) is 18.4. The van der Waals surface area contributed by atoms with Gasteiger partial charge in [0.15, 0.2) is 7.14 Å². The molecule has 0 amide bonds. The van der Waals surface area contributed by atoms with Gasteiger partial charge in [0.25, 0.3) is 0 Å². The van der Waals surface area contributed by atoms with Crippen molar-refractivity contribution in [3.8, 4) is 23.7 Å². The molecule has 0 radical (unpaired) electrons. The molecule has 0 aliphatic carbocycles. The van der Waals surface area contributed by atoms with E-state index in [1.54, 1.807) is 18.6 Å². The Morgan fingerprint density at radius 2 is 1.88 bits per heavy atom. The van der Waals surface area contributed by atoms with Crippen molar-refractivity contribution < 1.29 is 30.3 Å². The van der Waals surface area contributed by atoms with Crippen molar-refractivity contribution >= 4 is 11.3 Å². The first-order chi connectivity index (χ1) is 12.7. The second kappa shape index (κ2) is 8.79. The van der Waals surface area contributed by atoms with Crippen molar-refractivity contribution in [3.05, 3.63) is 76.8 Å². The summed E-state index contributed by atoms with van der Waals surface area (Å²) in [5.74, 6) is 6.80. The monoisotopic (exact) mass is 475 g/mol. The maximum absolute atomic E-state index is 12.6. The van der Waals surface area contributed by atoms with Gasteiger partial charge in [0.2, 0.25) is 0 Å². The van der Waals surface area contributed by atoms with Gasteiger partial charge < -0.3 is 4.74 Å². The van der Waals surface area contributed by atoms with E-state index in [1.165, 1.54) is 14.9 Å². The van der Waals surface area contributed by atoms with Crippen LogP contribution in [0, 0.1) is 30.3 Å². The molecule has 0 bridgehead atoms. The first-order valence-electron chi connectivity index (χ1n) is 7.56. The van der Waals surface area contributed by atoms with Crippen molar-refractivity contribution in [2.75, 3.05) is 7.11 Å². The normalized spacial score (nSPS) is 9.88. The van der Waals surface area contributed by atoms with Crippen LogP contribution in [-0.4, -0.2) is 12.1 Å². The van der Waals surface area contributed by atoms with Gasteiger partial charge in [-0.2, -0.15) is 5.26 Å². The summed E-state index contributed by atoms with van der Waals surface area (Å²) in [7, 11) is 1.64. The quantitative estimate of drug-likeness (QED) is 0.419. The van der Waals surface area contributed by atoms with Gasteiger partial charge in [0, 0.05) is 23.1 Å². The van der Waals surface area contributed by atoms with E-state index in [0.29, 0.717) is 16.3 Å². The summed E-state index contributed by atoms with van der Waals surface area (Å²) in [5.41, 5.74) is 1.90. The Bertz CT molecular complexity index is 1010. The summed E-state index contributed by atoms with van der Waals surface area (Å²) in [4.78, 5) is 4.09. The summed E-state index contributed by atoms with van der Waals surface area (Å²) >= 11 is 0.823.